The average Bonchev–Trinajstić information content (AvgIpc) is 2.86. The maximum absolute atomic E-state index is 13.3. The number of esters is 1. The van der Waals surface area contributed by atoms with Gasteiger partial charge in [-0.3, -0.25) is 9.59 Å². The summed E-state index contributed by atoms with van der Waals surface area (Å²) in [6.07, 6.45) is -5.03. The van der Waals surface area contributed by atoms with Crippen LogP contribution in [-0.4, -0.2) is 18.0 Å². The SMILES string of the molecule is CC(=O)O[C@@H]1C[C@@H](c2ccccc2C(F)(F)F)C2=C(CCC2=O)O1. The molecule has 0 unspecified atom stereocenters. The number of ether oxygens (including phenoxy) is 2. The zero-order valence-electron chi connectivity index (χ0n) is 12.9. The largest absolute Gasteiger partial charge is 0.459 e. The third-order valence-electron chi connectivity index (χ3n) is 4.17. The molecule has 1 heterocycles. The van der Waals surface area contributed by atoms with E-state index in [0.717, 1.165) is 6.07 Å². The lowest BCUT2D eigenvalue weighted by Gasteiger charge is -2.32. The first-order valence-corrected chi connectivity index (χ1v) is 7.53. The Bertz CT molecular complexity index is 721. The van der Waals surface area contributed by atoms with Gasteiger partial charge in [-0.05, 0) is 11.6 Å². The highest BCUT2D eigenvalue weighted by atomic mass is 19.4. The molecule has 4 nitrogen and oxygen atoms in total. The molecule has 0 fully saturated rings. The van der Waals surface area contributed by atoms with E-state index in [1.165, 1.54) is 25.1 Å². The number of allylic oxidation sites excluding steroid dienone is 2. The second-order valence-electron chi connectivity index (χ2n) is 5.79. The molecule has 0 amide bonds. The number of hydrogen-bond acceptors (Lipinski definition) is 4. The Morgan fingerprint density at radius 3 is 2.62 bits per heavy atom. The number of halogens is 3. The van der Waals surface area contributed by atoms with E-state index < -0.39 is 29.9 Å². The summed E-state index contributed by atoms with van der Waals surface area (Å²) >= 11 is 0. The van der Waals surface area contributed by atoms with E-state index in [4.69, 9.17) is 9.47 Å². The lowest BCUT2D eigenvalue weighted by molar-refractivity contribution is -0.173. The van der Waals surface area contributed by atoms with Crippen LogP contribution in [0.3, 0.4) is 0 Å². The highest BCUT2D eigenvalue weighted by Crippen LogP contribution is 2.46. The summed E-state index contributed by atoms with van der Waals surface area (Å²) in [5, 5.41) is 0. The maximum Gasteiger partial charge on any atom is 0.416 e. The quantitative estimate of drug-likeness (QED) is 0.770. The first kappa shape index (κ1) is 16.5. The molecule has 1 aliphatic carbocycles. The van der Waals surface area contributed by atoms with Crippen LogP contribution in [0.4, 0.5) is 13.2 Å². The number of benzene rings is 1. The van der Waals surface area contributed by atoms with Gasteiger partial charge in [0, 0.05) is 37.7 Å². The summed E-state index contributed by atoms with van der Waals surface area (Å²) in [7, 11) is 0. The van der Waals surface area contributed by atoms with Crippen LogP contribution >= 0.6 is 0 Å². The van der Waals surface area contributed by atoms with Crippen molar-refractivity contribution in [3.8, 4) is 0 Å². The van der Waals surface area contributed by atoms with E-state index in [1.807, 2.05) is 0 Å². The van der Waals surface area contributed by atoms with Crippen LogP contribution in [0, 0.1) is 0 Å². The van der Waals surface area contributed by atoms with Crippen molar-refractivity contribution in [3.05, 3.63) is 46.7 Å². The lowest BCUT2D eigenvalue weighted by atomic mass is 9.83. The van der Waals surface area contributed by atoms with Crippen LogP contribution in [0.5, 0.6) is 0 Å². The van der Waals surface area contributed by atoms with Gasteiger partial charge in [-0.15, -0.1) is 0 Å². The highest BCUT2D eigenvalue weighted by molar-refractivity contribution is 6.00. The van der Waals surface area contributed by atoms with Gasteiger partial charge in [-0.2, -0.15) is 13.2 Å². The van der Waals surface area contributed by atoms with Crippen LogP contribution < -0.4 is 0 Å². The molecular weight excluding hydrogens is 325 g/mol. The molecule has 128 valence electrons. The molecule has 3 rings (SSSR count). The number of alkyl halides is 3. The van der Waals surface area contributed by atoms with Gasteiger partial charge in [-0.25, -0.2) is 0 Å². The monoisotopic (exact) mass is 340 g/mol. The molecule has 0 saturated carbocycles. The fourth-order valence-corrected chi connectivity index (χ4v) is 3.28. The predicted octanol–water partition coefficient (Wildman–Crippen LogP) is 3.72. The maximum atomic E-state index is 13.3. The minimum atomic E-state index is -4.53. The summed E-state index contributed by atoms with van der Waals surface area (Å²) in [6, 6.07) is 5.16. The van der Waals surface area contributed by atoms with Gasteiger partial charge in [0.1, 0.15) is 5.76 Å². The third-order valence-corrected chi connectivity index (χ3v) is 4.17. The number of hydrogen-bond donors (Lipinski definition) is 0. The molecule has 0 radical (unpaired) electrons. The van der Waals surface area contributed by atoms with Crippen molar-refractivity contribution >= 4 is 11.8 Å². The highest BCUT2D eigenvalue weighted by Gasteiger charge is 2.43. The molecule has 1 aromatic carbocycles. The molecule has 7 heteroatoms. The number of ketones is 1. The van der Waals surface area contributed by atoms with Crippen molar-refractivity contribution in [2.45, 2.75) is 44.6 Å². The van der Waals surface area contributed by atoms with Gasteiger partial charge in [0.25, 0.3) is 0 Å². The van der Waals surface area contributed by atoms with Gasteiger partial charge >= 0.3 is 12.1 Å². The molecule has 0 N–H and O–H groups in total. The lowest BCUT2D eigenvalue weighted by Crippen LogP contribution is -2.29. The average molecular weight is 340 g/mol. The van der Waals surface area contributed by atoms with E-state index in [0.29, 0.717) is 12.2 Å². The second kappa shape index (κ2) is 5.96. The predicted molar refractivity (Wildman–Crippen MR) is 76.7 cm³/mol. The smallest absolute Gasteiger partial charge is 0.416 e. The van der Waals surface area contributed by atoms with Crippen LogP contribution in [0.15, 0.2) is 35.6 Å². The fourth-order valence-electron chi connectivity index (χ4n) is 3.28. The Kier molecular flexibility index (Phi) is 4.11. The normalized spacial score (nSPS) is 23.8. The zero-order chi connectivity index (χ0) is 17.5. The van der Waals surface area contributed by atoms with Crippen molar-refractivity contribution < 1.29 is 32.2 Å². The van der Waals surface area contributed by atoms with Crippen molar-refractivity contribution in [3.63, 3.8) is 0 Å². The second-order valence-corrected chi connectivity index (χ2v) is 5.79. The van der Waals surface area contributed by atoms with Gasteiger partial charge in [-0.1, -0.05) is 18.2 Å². The van der Waals surface area contributed by atoms with Crippen LogP contribution in [0.1, 0.15) is 43.2 Å². The molecular formula is C17H15F3O4. The number of Topliss-reactive ketones (excluding diaryl/α,β-unsaturated/α-hetero) is 1. The van der Waals surface area contributed by atoms with Crippen LogP contribution in [0.25, 0.3) is 0 Å². The van der Waals surface area contributed by atoms with Crippen molar-refractivity contribution in [1.29, 1.82) is 0 Å². The van der Waals surface area contributed by atoms with Crippen LogP contribution in [0.2, 0.25) is 0 Å². The van der Waals surface area contributed by atoms with Crippen LogP contribution in [-0.2, 0) is 25.2 Å². The first-order valence-electron chi connectivity index (χ1n) is 7.53. The molecule has 1 aromatic rings. The molecule has 0 spiro atoms. The molecule has 0 saturated heterocycles. The molecule has 2 atom stereocenters. The van der Waals surface area contributed by atoms with E-state index in [1.54, 1.807) is 0 Å². The summed E-state index contributed by atoms with van der Waals surface area (Å²) in [6.45, 7) is 1.20. The van der Waals surface area contributed by atoms with Gasteiger partial charge in [0.15, 0.2) is 5.78 Å². The molecule has 1 aliphatic heterocycles. The van der Waals surface area contributed by atoms with Crippen molar-refractivity contribution in [2.24, 2.45) is 0 Å². The Hall–Kier alpha value is -2.31. The number of rotatable bonds is 2. The topological polar surface area (TPSA) is 52.6 Å². The Balaban J connectivity index is 2.06. The minimum Gasteiger partial charge on any atom is -0.459 e. The van der Waals surface area contributed by atoms with Gasteiger partial charge in [0.05, 0.1) is 5.56 Å². The summed E-state index contributed by atoms with van der Waals surface area (Å²) in [4.78, 5) is 23.3. The van der Waals surface area contributed by atoms with Crippen molar-refractivity contribution in [2.75, 3.05) is 0 Å². The summed E-state index contributed by atoms with van der Waals surface area (Å²) < 4.78 is 50.5. The Morgan fingerprint density at radius 1 is 1.25 bits per heavy atom. The number of carbonyl (C=O) groups excluding carboxylic acids is 2. The molecule has 2 aliphatic rings. The molecule has 0 bridgehead atoms. The Labute approximate surface area is 136 Å². The van der Waals surface area contributed by atoms with E-state index in [9.17, 15) is 22.8 Å². The third kappa shape index (κ3) is 3.02. The van der Waals surface area contributed by atoms with E-state index in [2.05, 4.69) is 0 Å². The summed E-state index contributed by atoms with van der Waals surface area (Å²) in [5.41, 5.74) is -0.506. The molecule has 0 aromatic heterocycles. The summed E-state index contributed by atoms with van der Waals surface area (Å²) in [5.74, 6) is -1.27. The standard InChI is InChI=1S/C17H15F3O4/c1-9(21)23-15-8-11(16-13(22)6-7-14(16)24-15)10-4-2-3-5-12(10)17(18,19)20/h2-5,11,15H,6-8H2,1H3/t11-,15-/m0/s1. The van der Waals surface area contributed by atoms with Gasteiger partial charge in [0.2, 0.25) is 6.29 Å². The minimum absolute atomic E-state index is 0.00759. The van der Waals surface area contributed by atoms with Crippen molar-refractivity contribution in [1.82, 2.24) is 0 Å². The van der Waals surface area contributed by atoms with E-state index >= 15 is 0 Å². The number of carbonyl (C=O) groups is 2. The first-order chi connectivity index (χ1) is 11.3. The Morgan fingerprint density at radius 2 is 1.96 bits per heavy atom. The molecule has 24 heavy (non-hydrogen) atoms. The van der Waals surface area contributed by atoms with E-state index in [-0.39, 0.29) is 29.8 Å². The van der Waals surface area contributed by atoms with Gasteiger partial charge < -0.3 is 9.47 Å². The zero-order valence-corrected chi connectivity index (χ0v) is 12.9. The fraction of sp³-hybridized carbons (Fsp3) is 0.412.